The molecule has 8 heteroatoms. The van der Waals surface area contributed by atoms with Crippen molar-refractivity contribution in [3.05, 3.63) is 63.7 Å². The second-order valence-corrected chi connectivity index (χ2v) is 6.05. The number of rotatable bonds is 4. The molecule has 2 aromatic rings. The van der Waals surface area contributed by atoms with Crippen molar-refractivity contribution < 1.29 is 24.0 Å². The molecule has 0 saturated heterocycles. The van der Waals surface area contributed by atoms with Gasteiger partial charge in [-0.15, -0.1) is 0 Å². The zero-order valence-electron chi connectivity index (χ0n) is 14.1. The van der Waals surface area contributed by atoms with Crippen LogP contribution in [0.15, 0.2) is 42.5 Å². The predicted molar refractivity (Wildman–Crippen MR) is 92.2 cm³/mol. The molecular formula is C18H16N2O6. The lowest BCUT2D eigenvalue weighted by molar-refractivity contribution is -0.384. The minimum absolute atomic E-state index is 0.00284. The number of carbonyl (C=O) groups is 2. The third kappa shape index (κ3) is 3.08. The summed E-state index contributed by atoms with van der Waals surface area (Å²) in [6, 6.07) is 10.9. The molecule has 0 bridgehead atoms. The van der Waals surface area contributed by atoms with Gasteiger partial charge in [0.05, 0.1) is 23.7 Å². The van der Waals surface area contributed by atoms with Crippen molar-refractivity contribution in [3.63, 3.8) is 0 Å². The summed E-state index contributed by atoms with van der Waals surface area (Å²) in [6.45, 7) is 1.48. The van der Waals surface area contributed by atoms with E-state index in [0.29, 0.717) is 16.9 Å². The number of ether oxygens (including phenoxy) is 2. The lowest BCUT2D eigenvalue weighted by atomic mass is 9.89. The number of esters is 1. The van der Waals surface area contributed by atoms with Crippen molar-refractivity contribution >= 4 is 23.3 Å². The van der Waals surface area contributed by atoms with Gasteiger partial charge in [0.2, 0.25) is 0 Å². The number of nitrogens with zero attached hydrogens (tertiary/aromatic N) is 1. The van der Waals surface area contributed by atoms with Crippen molar-refractivity contribution in [1.29, 1.82) is 0 Å². The highest BCUT2D eigenvalue weighted by molar-refractivity contribution is 6.03. The number of benzene rings is 2. The van der Waals surface area contributed by atoms with Crippen LogP contribution in [-0.4, -0.2) is 29.5 Å². The smallest absolute Gasteiger partial charge is 0.339 e. The maximum Gasteiger partial charge on any atom is 0.339 e. The Kier molecular flexibility index (Phi) is 4.33. The number of carbonyl (C=O) groups excluding carboxylic acids is 2. The Labute approximate surface area is 148 Å². The first-order valence-electron chi connectivity index (χ1n) is 7.79. The summed E-state index contributed by atoms with van der Waals surface area (Å²) < 4.78 is 10.3. The van der Waals surface area contributed by atoms with Gasteiger partial charge in [0, 0.05) is 6.42 Å². The maximum absolute atomic E-state index is 12.7. The van der Waals surface area contributed by atoms with E-state index in [1.165, 1.54) is 32.2 Å². The quantitative estimate of drug-likeness (QED) is 0.513. The summed E-state index contributed by atoms with van der Waals surface area (Å²) in [6.07, 6.45) is 0.171. The highest BCUT2D eigenvalue weighted by Gasteiger charge is 2.43. The molecule has 8 nitrogen and oxygen atoms in total. The van der Waals surface area contributed by atoms with Gasteiger partial charge in [-0.2, -0.15) is 0 Å². The van der Waals surface area contributed by atoms with Gasteiger partial charge in [0.15, 0.2) is 5.60 Å². The first kappa shape index (κ1) is 17.4. The van der Waals surface area contributed by atoms with Crippen LogP contribution in [0.2, 0.25) is 0 Å². The topological polar surface area (TPSA) is 108 Å². The second kappa shape index (κ2) is 6.47. The van der Waals surface area contributed by atoms with Crippen molar-refractivity contribution in [3.8, 4) is 5.75 Å². The highest BCUT2D eigenvalue weighted by Crippen LogP contribution is 2.32. The molecule has 1 aliphatic heterocycles. The SMILES string of the molecule is COc1ccc(NC(=O)[C@@]2(C)Cc3ccccc3C(=O)O2)c([N+](=O)[O-])c1. The number of nitro benzene ring substituents is 1. The molecular weight excluding hydrogens is 340 g/mol. The lowest BCUT2D eigenvalue weighted by Gasteiger charge is -2.32. The van der Waals surface area contributed by atoms with Crippen LogP contribution >= 0.6 is 0 Å². The highest BCUT2D eigenvalue weighted by atomic mass is 16.6. The predicted octanol–water partition coefficient (Wildman–Crippen LogP) is 2.71. The van der Waals surface area contributed by atoms with Gasteiger partial charge in [-0.3, -0.25) is 14.9 Å². The number of methoxy groups -OCH3 is 1. The van der Waals surface area contributed by atoms with Crippen LogP contribution in [0.3, 0.4) is 0 Å². The molecule has 1 heterocycles. The molecule has 0 aliphatic carbocycles. The van der Waals surface area contributed by atoms with E-state index < -0.39 is 22.4 Å². The third-order valence-corrected chi connectivity index (χ3v) is 4.21. The van der Waals surface area contributed by atoms with Crippen LogP contribution in [-0.2, 0) is 16.0 Å². The fourth-order valence-electron chi connectivity index (χ4n) is 2.81. The molecule has 134 valence electrons. The van der Waals surface area contributed by atoms with Crippen molar-refractivity contribution in [1.82, 2.24) is 0 Å². The van der Waals surface area contributed by atoms with E-state index in [4.69, 9.17) is 9.47 Å². The van der Waals surface area contributed by atoms with Crippen molar-refractivity contribution in [2.24, 2.45) is 0 Å². The molecule has 3 rings (SSSR count). The van der Waals surface area contributed by atoms with Crippen LogP contribution in [0, 0.1) is 10.1 Å². The van der Waals surface area contributed by atoms with Crippen LogP contribution in [0.4, 0.5) is 11.4 Å². The summed E-state index contributed by atoms with van der Waals surface area (Å²) in [5.74, 6) is -0.957. The fourth-order valence-corrected chi connectivity index (χ4v) is 2.81. The molecule has 0 radical (unpaired) electrons. The molecule has 0 aromatic heterocycles. The molecule has 1 N–H and O–H groups in total. The molecule has 2 aromatic carbocycles. The van der Waals surface area contributed by atoms with Crippen molar-refractivity contribution in [2.75, 3.05) is 12.4 Å². The summed E-state index contributed by atoms with van der Waals surface area (Å²) in [5, 5.41) is 13.7. The Morgan fingerprint density at radius 3 is 2.73 bits per heavy atom. The summed E-state index contributed by atoms with van der Waals surface area (Å²) in [5.41, 5.74) is -0.696. The number of amides is 1. The van der Waals surface area contributed by atoms with E-state index in [1.54, 1.807) is 24.3 Å². The van der Waals surface area contributed by atoms with Gasteiger partial charge in [0.25, 0.3) is 11.6 Å². The van der Waals surface area contributed by atoms with Crippen LogP contribution in [0.1, 0.15) is 22.8 Å². The lowest BCUT2D eigenvalue weighted by Crippen LogP contribution is -2.48. The van der Waals surface area contributed by atoms with Gasteiger partial charge in [-0.1, -0.05) is 18.2 Å². The van der Waals surface area contributed by atoms with Gasteiger partial charge in [0.1, 0.15) is 11.4 Å². The average molecular weight is 356 g/mol. The first-order valence-corrected chi connectivity index (χ1v) is 7.79. The van der Waals surface area contributed by atoms with Crippen LogP contribution < -0.4 is 10.1 Å². The van der Waals surface area contributed by atoms with E-state index in [0.717, 1.165) is 0 Å². The van der Waals surface area contributed by atoms with Crippen LogP contribution in [0.25, 0.3) is 0 Å². The van der Waals surface area contributed by atoms with E-state index in [1.807, 2.05) is 0 Å². The summed E-state index contributed by atoms with van der Waals surface area (Å²) in [7, 11) is 1.39. The van der Waals surface area contributed by atoms with Gasteiger partial charge < -0.3 is 14.8 Å². The Hall–Kier alpha value is -3.42. The Morgan fingerprint density at radius 1 is 1.31 bits per heavy atom. The number of fused-ring (bicyclic) bond motifs is 1. The third-order valence-electron chi connectivity index (χ3n) is 4.21. The monoisotopic (exact) mass is 356 g/mol. The standard InChI is InChI=1S/C18H16N2O6/c1-18(10-11-5-3-4-6-13(11)16(21)26-18)17(22)19-14-8-7-12(25-2)9-15(14)20(23)24/h3-9H,10H2,1-2H3,(H,19,22)/t18-/m1/s1. The summed E-state index contributed by atoms with van der Waals surface area (Å²) in [4.78, 5) is 35.6. The van der Waals surface area contributed by atoms with Crippen LogP contribution in [0.5, 0.6) is 5.75 Å². The van der Waals surface area contributed by atoms with E-state index >= 15 is 0 Å². The molecule has 0 saturated carbocycles. The van der Waals surface area contributed by atoms with Gasteiger partial charge in [-0.05, 0) is 30.7 Å². The van der Waals surface area contributed by atoms with E-state index in [-0.39, 0.29) is 17.8 Å². The summed E-state index contributed by atoms with van der Waals surface area (Å²) >= 11 is 0. The Morgan fingerprint density at radius 2 is 2.04 bits per heavy atom. The molecule has 0 fully saturated rings. The van der Waals surface area contributed by atoms with E-state index in [2.05, 4.69) is 5.32 Å². The molecule has 1 atom stereocenters. The second-order valence-electron chi connectivity index (χ2n) is 6.05. The zero-order valence-corrected chi connectivity index (χ0v) is 14.1. The maximum atomic E-state index is 12.7. The molecule has 0 unspecified atom stereocenters. The van der Waals surface area contributed by atoms with E-state index in [9.17, 15) is 19.7 Å². The molecule has 1 aliphatic rings. The van der Waals surface area contributed by atoms with Gasteiger partial charge in [-0.25, -0.2) is 4.79 Å². The number of hydrogen-bond donors (Lipinski definition) is 1. The zero-order chi connectivity index (χ0) is 18.9. The Bertz CT molecular complexity index is 910. The number of nitrogens with one attached hydrogen (secondary N) is 1. The number of anilines is 1. The van der Waals surface area contributed by atoms with Crippen molar-refractivity contribution in [2.45, 2.75) is 18.9 Å². The average Bonchev–Trinajstić information content (AvgIpc) is 2.61. The fraction of sp³-hybridized carbons (Fsp3) is 0.222. The normalized spacial score (nSPS) is 18.5. The Balaban J connectivity index is 1.89. The minimum atomic E-state index is -1.47. The molecule has 0 spiro atoms. The number of nitro groups is 1. The number of cyclic esters (lactones) is 1. The van der Waals surface area contributed by atoms with Gasteiger partial charge >= 0.3 is 5.97 Å². The largest absolute Gasteiger partial charge is 0.496 e. The molecule has 26 heavy (non-hydrogen) atoms. The minimum Gasteiger partial charge on any atom is -0.496 e. The molecule has 1 amide bonds. The number of hydrogen-bond acceptors (Lipinski definition) is 6. The first-order chi connectivity index (χ1) is 12.3.